The van der Waals surface area contributed by atoms with Gasteiger partial charge in [-0.05, 0) is 32.9 Å². The van der Waals surface area contributed by atoms with Gasteiger partial charge in [0.25, 0.3) is 0 Å². The van der Waals surface area contributed by atoms with Crippen molar-refractivity contribution in [1.82, 2.24) is 4.90 Å². The van der Waals surface area contributed by atoms with Gasteiger partial charge >= 0.3 is 0 Å². The summed E-state index contributed by atoms with van der Waals surface area (Å²) in [7, 11) is 2.17. The Balaban J connectivity index is 1.81. The van der Waals surface area contributed by atoms with Gasteiger partial charge in [0.15, 0.2) is 0 Å². The van der Waals surface area contributed by atoms with Crippen LogP contribution in [0.25, 0.3) is 0 Å². The minimum atomic E-state index is 0.735. The maximum atomic E-state index is 5.40. The van der Waals surface area contributed by atoms with Crippen LogP contribution >= 0.6 is 0 Å². The number of hydrogen-bond acceptors (Lipinski definition) is 3. The predicted molar refractivity (Wildman–Crippen MR) is 50.1 cm³/mol. The fraction of sp³-hybridized carbons (Fsp3) is 1.00. The topological polar surface area (TPSA) is 38.5 Å². The van der Waals surface area contributed by atoms with Gasteiger partial charge in [0.1, 0.15) is 0 Å². The van der Waals surface area contributed by atoms with E-state index in [-0.39, 0.29) is 0 Å². The van der Waals surface area contributed by atoms with E-state index in [0.29, 0.717) is 0 Å². The molecule has 0 aromatic heterocycles. The largest absolute Gasteiger partial charge is 0.380 e. The Morgan fingerprint density at radius 2 is 2.17 bits per heavy atom. The van der Waals surface area contributed by atoms with E-state index in [4.69, 9.17) is 10.5 Å². The summed E-state index contributed by atoms with van der Waals surface area (Å²) in [5.41, 5.74) is 5.34. The van der Waals surface area contributed by atoms with Gasteiger partial charge < -0.3 is 15.4 Å². The molecule has 1 aliphatic rings. The zero-order valence-corrected chi connectivity index (χ0v) is 7.96. The number of hydrogen-bond donors (Lipinski definition) is 1. The number of nitrogens with zero attached hydrogens (tertiary/aromatic N) is 1. The SMILES string of the molecule is CN(CCOCCCN)C1CC1. The van der Waals surface area contributed by atoms with E-state index in [1.807, 2.05) is 0 Å². The third-order valence-electron chi connectivity index (χ3n) is 2.25. The van der Waals surface area contributed by atoms with E-state index in [2.05, 4.69) is 11.9 Å². The Bertz CT molecular complexity index is 115. The Hall–Kier alpha value is -0.120. The quantitative estimate of drug-likeness (QED) is 0.567. The molecule has 1 aliphatic carbocycles. The highest BCUT2D eigenvalue weighted by atomic mass is 16.5. The molecule has 1 rings (SSSR count). The maximum Gasteiger partial charge on any atom is 0.0593 e. The third-order valence-corrected chi connectivity index (χ3v) is 2.25. The molecule has 0 aromatic rings. The van der Waals surface area contributed by atoms with Crippen molar-refractivity contribution < 1.29 is 4.74 Å². The van der Waals surface area contributed by atoms with Gasteiger partial charge in [0.05, 0.1) is 6.61 Å². The molecule has 0 amide bonds. The summed E-state index contributed by atoms with van der Waals surface area (Å²) in [6, 6.07) is 0.850. The second kappa shape index (κ2) is 5.51. The van der Waals surface area contributed by atoms with Gasteiger partial charge in [-0.2, -0.15) is 0 Å². The van der Waals surface area contributed by atoms with Gasteiger partial charge in [-0.25, -0.2) is 0 Å². The Morgan fingerprint density at radius 3 is 2.75 bits per heavy atom. The van der Waals surface area contributed by atoms with E-state index >= 15 is 0 Å². The smallest absolute Gasteiger partial charge is 0.0593 e. The molecule has 1 saturated carbocycles. The van der Waals surface area contributed by atoms with Crippen LogP contribution in [0.2, 0.25) is 0 Å². The van der Waals surface area contributed by atoms with E-state index < -0.39 is 0 Å². The molecule has 0 saturated heterocycles. The third kappa shape index (κ3) is 4.04. The van der Waals surface area contributed by atoms with Crippen molar-refractivity contribution in [2.24, 2.45) is 5.73 Å². The van der Waals surface area contributed by atoms with Crippen molar-refractivity contribution >= 4 is 0 Å². The van der Waals surface area contributed by atoms with Crippen molar-refractivity contribution in [3.05, 3.63) is 0 Å². The summed E-state index contributed by atoms with van der Waals surface area (Å²) in [5, 5.41) is 0. The van der Waals surface area contributed by atoms with Crippen LogP contribution in [-0.2, 0) is 4.74 Å². The molecule has 0 aliphatic heterocycles. The first-order chi connectivity index (χ1) is 5.84. The fourth-order valence-corrected chi connectivity index (χ4v) is 1.19. The van der Waals surface area contributed by atoms with E-state index in [0.717, 1.165) is 38.8 Å². The highest BCUT2D eigenvalue weighted by Crippen LogP contribution is 2.24. The van der Waals surface area contributed by atoms with Crippen LogP contribution in [0.5, 0.6) is 0 Å². The zero-order chi connectivity index (χ0) is 8.81. The lowest BCUT2D eigenvalue weighted by molar-refractivity contribution is 0.109. The van der Waals surface area contributed by atoms with E-state index in [1.165, 1.54) is 12.8 Å². The minimum absolute atomic E-state index is 0.735. The molecular formula is C9H20N2O. The molecule has 1 fully saturated rings. The van der Waals surface area contributed by atoms with Gasteiger partial charge in [-0.1, -0.05) is 0 Å². The Labute approximate surface area is 74.9 Å². The lowest BCUT2D eigenvalue weighted by Crippen LogP contribution is -2.25. The maximum absolute atomic E-state index is 5.40. The van der Waals surface area contributed by atoms with Crippen LogP contribution in [0.15, 0.2) is 0 Å². The summed E-state index contributed by atoms with van der Waals surface area (Å²) in [6.07, 6.45) is 3.73. The number of ether oxygens (including phenoxy) is 1. The summed E-state index contributed by atoms with van der Waals surface area (Å²) < 4.78 is 5.40. The molecular weight excluding hydrogens is 152 g/mol. The first kappa shape index (κ1) is 9.96. The van der Waals surface area contributed by atoms with Crippen molar-refractivity contribution in [3.8, 4) is 0 Å². The monoisotopic (exact) mass is 172 g/mol. The van der Waals surface area contributed by atoms with Gasteiger partial charge in [0, 0.05) is 19.2 Å². The van der Waals surface area contributed by atoms with Gasteiger partial charge in [-0.3, -0.25) is 0 Å². The lowest BCUT2D eigenvalue weighted by Gasteiger charge is -2.14. The molecule has 0 bridgehead atoms. The number of likely N-dealkylation sites (N-methyl/N-ethyl adjacent to an activating group) is 1. The number of nitrogens with two attached hydrogens (primary N) is 1. The van der Waals surface area contributed by atoms with Crippen LogP contribution < -0.4 is 5.73 Å². The van der Waals surface area contributed by atoms with Gasteiger partial charge in [-0.15, -0.1) is 0 Å². The molecule has 0 unspecified atom stereocenters. The van der Waals surface area contributed by atoms with Crippen LogP contribution in [0.4, 0.5) is 0 Å². The highest BCUT2D eigenvalue weighted by Gasteiger charge is 2.25. The first-order valence-electron chi connectivity index (χ1n) is 4.82. The Morgan fingerprint density at radius 1 is 1.42 bits per heavy atom. The Kier molecular flexibility index (Phi) is 4.58. The first-order valence-corrected chi connectivity index (χ1v) is 4.82. The van der Waals surface area contributed by atoms with E-state index in [9.17, 15) is 0 Å². The normalized spacial score (nSPS) is 17.2. The van der Waals surface area contributed by atoms with Crippen LogP contribution in [0.3, 0.4) is 0 Å². The molecule has 0 atom stereocenters. The second-order valence-electron chi connectivity index (χ2n) is 3.47. The molecule has 0 radical (unpaired) electrons. The molecule has 3 nitrogen and oxygen atoms in total. The lowest BCUT2D eigenvalue weighted by atomic mass is 10.5. The van der Waals surface area contributed by atoms with Crippen LogP contribution in [0.1, 0.15) is 19.3 Å². The number of rotatable bonds is 7. The molecule has 12 heavy (non-hydrogen) atoms. The summed E-state index contributed by atoms with van der Waals surface area (Å²) in [6.45, 7) is 3.47. The van der Waals surface area contributed by atoms with Crippen molar-refractivity contribution in [2.75, 3.05) is 33.4 Å². The highest BCUT2D eigenvalue weighted by molar-refractivity contribution is 4.81. The summed E-state index contributed by atoms with van der Waals surface area (Å²) in [5.74, 6) is 0. The van der Waals surface area contributed by atoms with Crippen LogP contribution in [-0.4, -0.2) is 44.3 Å². The fourth-order valence-electron chi connectivity index (χ4n) is 1.19. The van der Waals surface area contributed by atoms with Crippen LogP contribution in [0, 0.1) is 0 Å². The average molecular weight is 172 g/mol. The van der Waals surface area contributed by atoms with Gasteiger partial charge in [0.2, 0.25) is 0 Å². The molecule has 3 heteroatoms. The van der Waals surface area contributed by atoms with Crippen molar-refractivity contribution in [1.29, 1.82) is 0 Å². The molecule has 72 valence electrons. The summed E-state index contributed by atoms with van der Waals surface area (Å²) >= 11 is 0. The standard InChI is InChI=1S/C9H20N2O/c1-11(9-3-4-9)6-8-12-7-2-5-10/h9H,2-8,10H2,1H3. The molecule has 0 heterocycles. The molecule has 0 spiro atoms. The van der Waals surface area contributed by atoms with Crippen molar-refractivity contribution in [2.45, 2.75) is 25.3 Å². The average Bonchev–Trinajstić information content (AvgIpc) is 2.86. The molecule has 2 N–H and O–H groups in total. The predicted octanol–water partition coefficient (Wildman–Crippen LogP) is 0.446. The second-order valence-corrected chi connectivity index (χ2v) is 3.47. The zero-order valence-electron chi connectivity index (χ0n) is 7.96. The van der Waals surface area contributed by atoms with E-state index in [1.54, 1.807) is 0 Å². The summed E-state index contributed by atoms with van der Waals surface area (Å²) in [4.78, 5) is 2.38. The minimum Gasteiger partial charge on any atom is -0.380 e. The van der Waals surface area contributed by atoms with Crippen molar-refractivity contribution in [3.63, 3.8) is 0 Å². The molecule has 0 aromatic carbocycles.